The second-order valence-corrected chi connectivity index (χ2v) is 6.10. The molecule has 0 saturated heterocycles. The van der Waals surface area contributed by atoms with Gasteiger partial charge in [0.15, 0.2) is 0 Å². The van der Waals surface area contributed by atoms with Gasteiger partial charge in [0.1, 0.15) is 5.75 Å². The Balaban J connectivity index is 2.21. The first-order valence-electron chi connectivity index (χ1n) is 8.31. The van der Waals surface area contributed by atoms with Crippen LogP contribution < -0.4 is 10.5 Å². The van der Waals surface area contributed by atoms with E-state index in [1.165, 1.54) is 43.2 Å². The minimum absolute atomic E-state index is 0.322. The normalized spacial score (nSPS) is 18.0. The number of hydrogen-bond donors (Lipinski definition) is 1. The number of ether oxygens (including phenoxy) is 1. The molecule has 0 amide bonds. The van der Waals surface area contributed by atoms with Gasteiger partial charge in [-0.05, 0) is 43.5 Å². The predicted molar refractivity (Wildman–Crippen MR) is 88.8 cm³/mol. The fourth-order valence-corrected chi connectivity index (χ4v) is 3.72. The SMILES string of the molecule is CCN(C1CCCCC1)C(CN)c1ccc(OC)c(C)c1. The Kier molecular flexibility index (Phi) is 6.07. The molecular formula is C18H30N2O. The first-order valence-corrected chi connectivity index (χ1v) is 8.31. The lowest BCUT2D eigenvalue weighted by molar-refractivity contribution is 0.113. The molecule has 1 saturated carbocycles. The number of hydrogen-bond acceptors (Lipinski definition) is 3. The summed E-state index contributed by atoms with van der Waals surface area (Å²) in [6, 6.07) is 7.50. The molecule has 1 fully saturated rings. The maximum Gasteiger partial charge on any atom is 0.121 e. The van der Waals surface area contributed by atoms with E-state index in [1.807, 2.05) is 0 Å². The Bertz CT molecular complexity index is 441. The quantitative estimate of drug-likeness (QED) is 0.869. The second-order valence-electron chi connectivity index (χ2n) is 6.10. The van der Waals surface area contributed by atoms with Crippen molar-refractivity contribution < 1.29 is 4.74 Å². The van der Waals surface area contributed by atoms with Crippen molar-refractivity contribution in [2.75, 3.05) is 20.2 Å². The van der Waals surface area contributed by atoms with E-state index < -0.39 is 0 Å². The van der Waals surface area contributed by atoms with Crippen LogP contribution in [0.4, 0.5) is 0 Å². The van der Waals surface area contributed by atoms with Gasteiger partial charge in [-0.3, -0.25) is 4.90 Å². The van der Waals surface area contributed by atoms with E-state index >= 15 is 0 Å². The van der Waals surface area contributed by atoms with Crippen LogP contribution in [0.5, 0.6) is 5.75 Å². The van der Waals surface area contributed by atoms with E-state index in [0.29, 0.717) is 18.6 Å². The molecule has 1 aromatic carbocycles. The Hall–Kier alpha value is -1.06. The summed E-state index contributed by atoms with van der Waals surface area (Å²) >= 11 is 0. The van der Waals surface area contributed by atoms with Crippen molar-refractivity contribution in [2.45, 2.75) is 58.0 Å². The molecule has 0 aliphatic heterocycles. The van der Waals surface area contributed by atoms with Crippen LogP contribution >= 0.6 is 0 Å². The van der Waals surface area contributed by atoms with Crippen molar-refractivity contribution in [2.24, 2.45) is 5.73 Å². The Labute approximate surface area is 129 Å². The highest BCUT2D eigenvalue weighted by atomic mass is 16.5. The third-order valence-electron chi connectivity index (χ3n) is 4.84. The minimum Gasteiger partial charge on any atom is -0.496 e. The van der Waals surface area contributed by atoms with Gasteiger partial charge >= 0.3 is 0 Å². The van der Waals surface area contributed by atoms with Gasteiger partial charge in [0.05, 0.1) is 7.11 Å². The molecule has 118 valence electrons. The molecule has 3 heteroatoms. The van der Waals surface area contributed by atoms with Gasteiger partial charge in [-0.15, -0.1) is 0 Å². The molecule has 2 N–H and O–H groups in total. The number of aryl methyl sites for hydroxylation is 1. The number of methoxy groups -OCH3 is 1. The Morgan fingerprint density at radius 2 is 2.00 bits per heavy atom. The zero-order valence-electron chi connectivity index (χ0n) is 13.8. The number of nitrogens with zero attached hydrogens (tertiary/aromatic N) is 1. The average Bonchev–Trinajstić information content (AvgIpc) is 2.53. The van der Waals surface area contributed by atoms with Crippen molar-refractivity contribution in [3.05, 3.63) is 29.3 Å². The topological polar surface area (TPSA) is 38.5 Å². The Morgan fingerprint density at radius 3 is 2.52 bits per heavy atom. The summed E-state index contributed by atoms with van der Waals surface area (Å²) in [5, 5.41) is 0. The summed E-state index contributed by atoms with van der Waals surface area (Å²) in [4.78, 5) is 2.61. The molecule has 2 rings (SSSR count). The van der Waals surface area contributed by atoms with Gasteiger partial charge in [0.25, 0.3) is 0 Å². The molecule has 1 atom stereocenters. The molecule has 3 nitrogen and oxygen atoms in total. The van der Waals surface area contributed by atoms with E-state index in [1.54, 1.807) is 7.11 Å². The van der Waals surface area contributed by atoms with Crippen LogP contribution in [0.2, 0.25) is 0 Å². The maximum absolute atomic E-state index is 6.14. The van der Waals surface area contributed by atoms with Crippen LogP contribution in [0.25, 0.3) is 0 Å². The van der Waals surface area contributed by atoms with Crippen molar-refractivity contribution in [1.29, 1.82) is 0 Å². The fourth-order valence-electron chi connectivity index (χ4n) is 3.72. The van der Waals surface area contributed by atoms with Crippen LogP contribution in [0, 0.1) is 6.92 Å². The van der Waals surface area contributed by atoms with Crippen molar-refractivity contribution in [1.82, 2.24) is 4.90 Å². The highest BCUT2D eigenvalue weighted by Crippen LogP contribution is 2.31. The maximum atomic E-state index is 6.14. The van der Waals surface area contributed by atoms with E-state index in [2.05, 4.69) is 36.9 Å². The molecule has 0 bridgehead atoms. The van der Waals surface area contributed by atoms with E-state index in [9.17, 15) is 0 Å². The van der Waals surface area contributed by atoms with Crippen LogP contribution in [-0.2, 0) is 0 Å². The summed E-state index contributed by atoms with van der Waals surface area (Å²) in [6.07, 6.45) is 6.75. The molecule has 0 aromatic heterocycles. The number of nitrogens with two attached hydrogens (primary N) is 1. The van der Waals surface area contributed by atoms with Crippen LogP contribution in [-0.4, -0.2) is 31.1 Å². The van der Waals surface area contributed by atoms with Crippen molar-refractivity contribution >= 4 is 0 Å². The first kappa shape index (κ1) is 16.3. The lowest BCUT2D eigenvalue weighted by Gasteiger charge is -2.39. The molecule has 1 aromatic rings. The van der Waals surface area contributed by atoms with Gasteiger partial charge in [0, 0.05) is 18.6 Å². The second kappa shape index (κ2) is 7.81. The van der Waals surface area contributed by atoms with Gasteiger partial charge in [-0.1, -0.05) is 38.3 Å². The summed E-state index contributed by atoms with van der Waals surface area (Å²) in [7, 11) is 1.72. The fraction of sp³-hybridized carbons (Fsp3) is 0.667. The lowest BCUT2D eigenvalue weighted by atomic mass is 9.91. The number of rotatable bonds is 6. The number of benzene rings is 1. The van der Waals surface area contributed by atoms with Crippen LogP contribution in [0.3, 0.4) is 0 Å². The van der Waals surface area contributed by atoms with Gasteiger partial charge < -0.3 is 10.5 Å². The zero-order chi connectivity index (χ0) is 15.2. The van der Waals surface area contributed by atoms with Crippen molar-refractivity contribution in [3.8, 4) is 5.75 Å². The molecule has 1 unspecified atom stereocenters. The predicted octanol–water partition coefficient (Wildman–Crippen LogP) is 3.66. The zero-order valence-corrected chi connectivity index (χ0v) is 13.8. The molecule has 0 spiro atoms. The van der Waals surface area contributed by atoms with Crippen molar-refractivity contribution in [3.63, 3.8) is 0 Å². The van der Waals surface area contributed by atoms with E-state index in [-0.39, 0.29) is 0 Å². The molecule has 1 aliphatic rings. The average molecular weight is 290 g/mol. The summed E-state index contributed by atoms with van der Waals surface area (Å²) in [5.41, 5.74) is 8.65. The smallest absolute Gasteiger partial charge is 0.121 e. The monoisotopic (exact) mass is 290 g/mol. The van der Waals surface area contributed by atoms with Gasteiger partial charge in [-0.25, -0.2) is 0 Å². The number of likely N-dealkylation sites (N-methyl/N-ethyl adjacent to an activating group) is 1. The standard InChI is InChI=1S/C18H30N2O/c1-4-20(16-8-6-5-7-9-16)17(13-19)15-10-11-18(21-3)14(2)12-15/h10-12,16-17H,4-9,13,19H2,1-3H3. The largest absolute Gasteiger partial charge is 0.496 e. The van der Waals surface area contributed by atoms with E-state index in [4.69, 9.17) is 10.5 Å². The molecule has 1 aliphatic carbocycles. The molecule has 0 heterocycles. The van der Waals surface area contributed by atoms with Crippen LogP contribution in [0.1, 0.15) is 56.2 Å². The van der Waals surface area contributed by atoms with Gasteiger partial charge in [-0.2, -0.15) is 0 Å². The molecular weight excluding hydrogens is 260 g/mol. The third kappa shape index (κ3) is 3.78. The summed E-state index contributed by atoms with van der Waals surface area (Å²) < 4.78 is 5.37. The van der Waals surface area contributed by atoms with E-state index in [0.717, 1.165) is 12.3 Å². The third-order valence-corrected chi connectivity index (χ3v) is 4.84. The minimum atomic E-state index is 0.322. The first-order chi connectivity index (χ1) is 10.2. The molecule has 0 radical (unpaired) electrons. The van der Waals surface area contributed by atoms with Gasteiger partial charge in [0.2, 0.25) is 0 Å². The lowest BCUT2D eigenvalue weighted by Crippen LogP contribution is -2.42. The highest BCUT2D eigenvalue weighted by molar-refractivity contribution is 5.37. The highest BCUT2D eigenvalue weighted by Gasteiger charge is 2.26. The summed E-state index contributed by atoms with van der Waals surface area (Å²) in [6.45, 7) is 6.11. The molecule has 21 heavy (non-hydrogen) atoms. The summed E-state index contributed by atoms with van der Waals surface area (Å²) in [5.74, 6) is 0.954. The van der Waals surface area contributed by atoms with Crippen LogP contribution in [0.15, 0.2) is 18.2 Å². The Morgan fingerprint density at radius 1 is 1.29 bits per heavy atom.